The first-order valence-electron chi connectivity index (χ1n) is 5.86. The molecule has 0 spiro atoms. The minimum absolute atomic E-state index is 0.00378. The Bertz CT molecular complexity index is 306. The molecule has 6 heteroatoms. The van der Waals surface area contributed by atoms with Crippen LogP contribution in [0, 0.1) is 0 Å². The zero-order chi connectivity index (χ0) is 12.2. The summed E-state index contributed by atoms with van der Waals surface area (Å²) in [5.74, 6) is -0.627. The van der Waals surface area contributed by atoms with Crippen molar-refractivity contribution in [2.24, 2.45) is 0 Å². The number of methoxy groups -OCH3 is 1. The zero-order valence-electron chi connectivity index (χ0n) is 10.2. The number of hydrogen-bond donors (Lipinski definition) is 1. The van der Waals surface area contributed by atoms with Crippen LogP contribution in [0.3, 0.4) is 0 Å². The predicted octanol–water partition coefficient (Wildman–Crippen LogP) is -0.363. The average Bonchev–Trinajstić information content (AvgIpc) is 2.89. The summed E-state index contributed by atoms with van der Waals surface area (Å²) in [6, 6.07) is 0. The summed E-state index contributed by atoms with van der Waals surface area (Å²) in [7, 11) is 1.58. The zero-order valence-corrected chi connectivity index (χ0v) is 10.2. The van der Waals surface area contributed by atoms with Crippen LogP contribution in [0.25, 0.3) is 0 Å². The van der Waals surface area contributed by atoms with Crippen molar-refractivity contribution in [1.82, 2.24) is 0 Å². The Labute approximate surface area is 99.7 Å². The number of fused-ring (bicyclic) bond motifs is 1. The van der Waals surface area contributed by atoms with Crippen molar-refractivity contribution < 1.29 is 28.8 Å². The van der Waals surface area contributed by atoms with E-state index in [0.29, 0.717) is 0 Å². The van der Waals surface area contributed by atoms with Crippen molar-refractivity contribution in [2.45, 2.75) is 56.4 Å². The molecular weight excluding hydrogens is 228 g/mol. The third-order valence-electron chi connectivity index (χ3n) is 3.40. The summed E-state index contributed by atoms with van der Waals surface area (Å²) in [5.41, 5.74) is 0. The quantitative estimate of drug-likeness (QED) is 0.686. The smallest absolute Gasteiger partial charge is 0.186 e. The van der Waals surface area contributed by atoms with Crippen LogP contribution in [-0.2, 0) is 23.7 Å². The first kappa shape index (κ1) is 11.8. The van der Waals surface area contributed by atoms with Gasteiger partial charge in [0.1, 0.15) is 30.5 Å². The molecule has 98 valence electrons. The van der Waals surface area contributed by atoms with Crippen LogP contribution in [-0.4, -0.2) is 61.4 Å². The molecule has 3 fully saturated rings. The highest BCUT2D eigenvalue weighted by Crippen LogP contribution is 2.44. The molecule has 17 heavy (non-hydrogen) atoms. The Morgan fingerprint density at radius 1 is 1.06 bits per heavy atom. The maximum Gasteiger partial charge on any atom is 0.186 e. The Morgan fingerprint density at radius 3 is 2.35 bits per heavy atom. The van der Waals surface area contributed by atoms with Crippen LogP contribution >= 0.6 is 0 Å². The lowest BCUT2D eigenvalue weighted by molar-refractivity contribution is -0.228. The van der Waals surface area contributed by atoms with Gasteiger partial charge in [-0.15, -0.1) is 0 Å². The molecule has 0 aromatic carbocycles. The molecule has 6 nitrogen and oxygen atoms in total. The maximum absolute atomic E-state index is 9.02. The van der Waals surface area contributed by atoms with Crippen LogP contribution in [0.4, 0.5) is 0 Å². The van der Waals surface area contributed by atoms with Crippen molar-refractivity contribution >= 4 is 0 Å². The molecule has 0 bridgehead atoms. The fourth-order valence-corrected chi connectivity index (χ4v) is 2.64. The lowest BCUT2D eigenvalue weighted by Gasteiger charge is -2.23. The van der Waals surface area contributed by atoms with E-state index in [2.05, 4.69) is 0 Å². The summed E-state index contributed by atoms with van der Waals surface area (Å²) in [6.45, 7) is 3.74. The molecule has 0 amide bonds. The van der Waals surface area contributed by atoms with Gasteiger partial charge in [-0.1, -0.05) is 0 Å². The second-order valence-corrected chi connectivity index (χ2v) is 5.09. The molecular formula is C11H18O6. The Kier molecular flexibility index (Phi) is 2.70. The van der Waals surface area contributed by atoms with Gasteiger partial charge < -0.3 is 28.8 Å². The molecule has 3 aliphatic rings. The summed E-state index contributed by atoms with van der Waals surface area (Å²) in [6.07, 6.45) is -1.37. The van der Waals surface area contributed by atoms with Crippen LogP contribution in [0.1, 0.15) is 13.8 Å². The highest BCUT2D eigenvalue weighted by atomic mass is 16.8. The van der Waals surface area contributed by atoms with Gasteiger partial charge in [-0.3, -0.25) is 0 Å². The monoisotopic (exact) mass is 246 g/mol. The largest absolute Gasteiger partial charge is 0.394 e. The molecule has 0 aromatic heterocycles. The summed E-state index contributed by atoms with van der Waals surface area (Å²) in [4.78, 5) is 0. The highest BCUT2D eigenvalue weighted by molar-refractivity contribution is 5.04. The van der Waals surface area contributed by atoms with Crippen molar-refractivity contribution in [3.63, 3.8) is 0 Å². The molecule has 0 radical (unpaired) electrons. The average molecular weight is 246 g/mol. The second kappa shape index (κ2) is 3.88. The number of epoxide rings is 1. The summed E-state index contributed by atoms with van der Waals surface area (Å²) in [5, 5.41) is 9.02. The predicted molar refractivity (Wildman–Crippen MR) is 55.2 cm³/mol. The van der Waals surface area contributed by atoms with Crippen molar-refractivity contribution in [3.05, 3.63) is 0 Å². The molecule has 3 rings (SSSR count). The number of ether oxygens (including phenoxy) is 5. The molecule has 0 unspecified atom stereocenters. The van der Waals surface area contributed by atoms with Gasteiger partial charge in [0.05, 0.1) is 6.61 Å². The minimum atomic E-state index is -0.627. The van der Waals surface area contributed by atoms with E-state index in [1.54, 1.807) is 7.11 Å². The van der Waals surface area contributed by atoms with Crippen LogP contribution < -0.4 is 0 Å². The fourth-order valence-electron chi connectivity index (χ4n) is 2.64. The number of rotatable bonds is 3. The number of aliphatic hydroxyl groups is 1. The molecule has 0 saturated carbocycles. The van der Waals surface area contributed by atoms with Gasteiger partial charge in [-0.05, 0) is 13.8 Å². The molecule has 0 aliphatic carbocycles. The van der Waals surface area contributed by atoms with Crippen molar-refractivity contribution in [3.8, 4) is 0 Å². The lowest BCUT2D eigenvalue weighted by atomic mass is 10.1. The van der Waals surface area contributed by atoms with Gasteiger partial charge in [0.15, 0.2) is 12.1 Å². The van der Waals surface area contributed by atoms with E-state index >= 15 is 0 Å². The van der Waals surface area contributed by atoms with E-state index in [4.69, 9.17) is 28.8 Å². The van der Waals surface area contributed by atoms with Crippen LogP contribution in [0.15, 0.2) is 0 Å². The van der Waals surface area contributed by atoms with Crippen molar-refractivity contribution in [1.29, 1.82) is 0 Å². The highest BCUT2D eigenvalue weighted by Gasteiger charge is 2.62. The molecule has 3 aliphatic heterocycles. The molecule has 3 heterocycles. The standard InChI is InChI=1S/C11H18O6/c1-11(2)16-8-7(6-5(4-12)14-6)15-10(13-3)9(8)17-11/h5-10,12H,4H2,1-3H3/t5-,6-,7+,8+,9+,10+/m0/s1. The lowest BCUT2D eigenvalue weighted by Crippen LogP contribution is -2.34. The number of hydrogen-bond acceptors (Lipinski definition) is 6. The second-order valence-electron chi connectivity index (χ2n) is 5.09. The maximum atomic E-state index is 9.02. The fraction of sp³-hybridized carbons (Fsp3) is 1.00. The normalized spacial score (nSPS) is 51.5. The van der Waals surface area contributed by atoms with E-state index in [0.717, 1.165) is 0 Å². The third kappa shape index (κ3) is 1.89. The van der Waals surface area contributed by atoms with Crippen LogP contribution in [0.2, 0.25) is 0 Å². The summed E-state index contributed by atoms with van der Waals surface area (Å²) >= 11 is 0. The minimum Gasteiger partial charge on any atom is -0.394 e. The first-order valence-corrected chi connectivity index (χ1v) is 5.86. The molecule has 1 N–H and O–H groups in total. The van der Waals surface area contributed by atoms with Crippen LogP contribution in [0.5, 0.6) is 0 Å². The van der Waals surface area contributed by atoms with E-state index < -0.39 is 12.1 Å². The summed E-state index contributed by atoms with van der Waals surface area (Å²) < 4.78 is 27.9. The van der Waals surface area contributed by atoms with Gasteiger partial charge in [0, 0.05) is 7.11 Å². The third-order valence-corrected chi connectivity index (χ3v) is 3.40. The van der Waals surface area contributed by atoms with Gasteiger partial charge in [-0.2, -0.15) is 0 Å². The molecule has 3 saturated heterocycles. The number of aliphatic hydroxyl groups excluding tert-OH is 1. The Balaban J connectivity index is 1.74. The van der Waals surface area contributed by atoms with E-state index in [9.17, 15) is 0 Å². The Morgan fingerprint density at radius 2 is 1.76 bits per heavy atom. The Hall–Kier alpha value is -0.240. The van der Waals surface area contributed by atoms with E-state index in [-0.39, 0.29) is 37.1 Å². The SMILES string of the molecule is CO[C@@H]1O[C@H]([C@H]2O[C@H]2CO)[C@H]2OC(C)(C)O[C@@H]12. The van der Waals surface area contributed by atoms with Gasteiger partial charge >= 0.3 is 0 Å². The van der Waals surface area contributed by atoms with Gasteiger partial charge in [0.25, 0.3) is 0 Å². The van der Waals surface area contributed by atoms with E-state index in [1.165, 1.54) is 0 Å². The molecule has 6 atom stereocenters. The molecule has 0 aromatic rings. The van der Waals surface area contributed by atoms with E-state index in [1.807, 2.05) is 13.8 Å². The van der Waals surface area contributed by atoms with Crippen molar-refractivity contribution in [2.75, 3.05) is 13.7 Å². The van der Waals surface area contributed by atoms with Gasteiger partial charge in [-0.25, -0.2) is 0 Å². The van der Waals surface area contributed by atoms with Gasteiger partial charge in [0.2, 0.25) is 0 Å². The first-order chi connectivity index (χ1) is 8.05. The topological polar surface area (TPSA) is 69.7 Å².